The summed E-state index contributed by atoms with van der Waals surface area (Å²) < 4.78 is 5.56. The fourth-order valence-corrected chi connectivity index (χ4v) is 5.70. The average Bonchev–Trinajstić information content (AvgIpc) is 2.79. The molecular weight excluding hydrogens is 368 g/mol. The topological polar surface area (TPSA) is 26.3 Å². The number of aryl methyl sites for hydroxylation is 1. The van der Waals surface area contributed by atoms with Crippen LogP contribution in [0, 0.1) is 17.3 Å². The number of carbonyl (C=O) groups excluding carboxylic acids is 1. The maximum Gasteiger partial charge on any atom is 0.311 e. The molecule has 0 radical (unpaired) electrons. The van der Waals surface area contributed by atoms with Crippen LogP contribution in [0.1, 0.15) is 115 Å². The minimum Gasteiger partial charge on any atom is -0.465 e. The Bertz CT molecular complexity index is 631. The van der Waals surface area contributed by atoms with Crippen LogP contribution >= 0.6 is 0 Å². The standard InChI is InChI=1S/C28H44O2/c1-4-6-8-22-9-11-23(12-10-22)24-13-15-25(16-14-24)26-17-19-28(3,20-18-26)27(29)30-21-7-5-2/h9-12,24-26H,4-8,13-21H2,1-3H3. The quantitative estimate of drug-likeness (QED) is 0.305. The molecule has 2 nitrogen and oxygen atoms in total. The van der Waals surface area contributed by atoms with Gasteiger partial charge in [-0.2, -0.15) is 0 Å². The van der Waals surface area contributed by atoms with Crippen molar-refractivity contribution in [3.8, 4) is 0 Å². The summed E-state index contributed by atoms with van der Waals surface area (Å²) in [6.45, 7) is 7.13. The molecule has 1 aromatic rings. The van der Waals surface area contributed by atoms with E-state index in [2.05, 4.69) is 45.0 Å². The van der Waals surface area contributed by atoms with Gasteiger partial charge in [0.15, 0.2) is 0 Å². The lowest BCUT2D eigenvalue weighted by Gasteiger charge is -2.41. The maximum atomic E-state index is 12.5. The molecule has 2 heteroatoms. The Morgan fingerprint density at radius 3 is 2.10 bits per heavy atom. The summed E-state index contributed by atoms with van der Waals surface area (Å²) in [6.07, 6.45) is 15.7. The highest BCUT2D eigenvalue weighted by molar-refractivity contribution is 5.76. The van der Waals surface area contributed by atoms with Gasteiger partial charge >= 0.3 is 5.97 Å². The highest BCUT2D eigenvalue weighted by Gasteiger charge is 2.41. The van der Waals surface area contributed by atoms with E-state index in [9.17, 15) is 4.79 Å². The molecule has 0 saturated heterocycles. The lowest BCUT2D eigenvalue weighted by Crippen LogP contribution is -2.36. The molecule has 2 aliphatic carbocycles. The average molecular weight is 413 g/mol. The van der Waals surface area contributed by atoms with Crippen LogP contribution in [0.3, 0.4) is 0 Å². The van der Waals surface area contributed by atoms with Gasteiger partial charge in [-0.1, -0.05) is 51.0 Å². The molecule has 2 aliphatic rings. The summed E-state index contributed by atoms with van der Waals surface area (Å²) in [6, 6.07) is 9.51. The Balaban J connectivity index is 1.43. The SMILES string of the molecule is CCCCOC(=O)C1(C)CCC(C2CCC(c3ccc(CCCC)cc3)CC2)CC1. The van der Waals surface area contributed by atoms with Crippen LogP contribution in [0.25, 0.3) is 0 Å². The van der Waals surface area contributed by atoms with Gasteiger partial charge in [-0.3, -0.25) is 4.79 Å². The van der Waals surface area contributed by atoms with Gasteiger partial charge < -0.3 is 4.74 Å². The van der Waals surface area contributed by atoms with Crippen LogP contribution < -0.4 is 0 Å². The first-order valence-electron chi connectivity index (χ1n) is 12.8. The van der Waals surface area contributed by atoms with E-state index in [4.69, 9.17) is 4.74 Å². The number of carbonyl (C=O) groups is 1. The van der Waals surface area contributed by atoms with E-state index >= 15 is 0 Å². The summed E-state index contributed by atoms with van der Waals surface area (Å²) in [7, 11) is 0. The van der Waals surface area contributed by atoms with Gasteiger partial charge in [0.05, 0.1) is 12.0 Å². The second kappa shape index (κ2) is 11.3. The Morgan fingerprint density at radius 1 is 0.900 bits per heavy atom. The Hall–Kier alpha value is -1.31. The maximum absolute atomic E-state index is 12.5. The van der Waals surface area contributed by atoms with E-state index in [1.54, 1.807) is 5.56 Å². The molecule has 0 N–H and O–H groups in total. The molecular formula is C28H44O2. The molecule has 0 amide bonds. The van der Waals surface area contributed by atoms with Gasteiger partial charge in [-0.25, -0.2) is 0 Å². The zero-order valence-corrected chi connectivity index (χ0v) is 19.8. The zero-order valence-electron chi connectivity index (χ0n) is 19.8. The van der Waals surface area contributed by atoms with Crippen molar-refractivity contribution in [3.05, 3.63) is 35.4 Å². The van der Waals surface area contributed by atoms with E-state index in [0.717, 1.165) is 43.4 Å². The van der Waals surface area contributed by atoms with E-state index in [-0.39, 0.29) is 11.4 Å². The van der Waals surface area contributed by atoms with E-state index in [1.807, 2.05) is 0 Å². The number of ether oxygens (including phenoxy) is 1. The molecule has 0 heterocycles. The Labute approximate surface area is 185 Å². The summed E-state index contributed by atoms with van der Waals surface area (Å²) >= 11 is 0. The number of hydrogen-bond donors (Lipinski definition) is 0. The molecule has 168 valence electrons. The van der Waals surface area contributed by atoms with E-state index < -0.39 is 0 Å². The van der Waals surface area contributed by atoms with E-state index in [1.165, 1.54) is 63.4 Å². The molecule has 3 rings (SSSR count). The largest absolute Gasteiger partial charge is 0.465 e. The van der Waals surface area contributed by atoms with Crippen LogP contribution in [0.5, 0.6) is 0 Å². The molecule has 30 heavy (non-hydrogen) atoms. The number of benzene rings is 1. The second-order valence-electron chi connectivity index (χ2n) is 10.3. The van der Waals surface area contributed by atoms with Gasteiger partial charge in [0.1, 0.15) is 0 Å². The van der Waals surface area contributed by atoms with Crippen molar-refractivity contribution >= 4 is 5.97 Å². The highest BCUT2D eigenvalue weighted by atomic mass is 16.5. The minimum atomic E-state index is -0.235. The molecule has 0 aromatic heterocycles. The fourth-order valence-electron chi connectivity index (χ4n) is 5.70. The van der Waals surface area contributed by atoms with Crippen LogP contribution in [0.2, 0.25) is 0 Å². The van der Waals surface area contributed by atoms with Crippen LogP contribution in [-0.2, 0) is 16.0 Å². The first-order chi connectivity index (χ1) is 14.6. The van der Waals surface area contributed by atoms with Gasteiger partial charge in [0.2, 0.25) is 0 Å². The van der Waals surface area contributed by atoms with Gasteiger partial charge in [-0.05, 0) is 106 Å². The number of rotatable bonds is 9. The fraction of sp³-hybridized carbons (Fsp3) is 0.750. The second-order valence-corrected chi connectivity index (χ2v) is 10.3. The molecule has 1 aromatic carbocycles. The van der Waals surface area contributed by atoms with Crippen molar-refractivity contribution in [1.82, 2.24) is 0 Å². The number of unbranched alkanes of at least 4 members (excludes halogenated alkanes) is 2. The molecule has 0 atom stereocenters. The monoisotopic (exact) mass is 412 g/mol. The first kappa shape index (κ1) is 23.4. The van der Waals surface area contributed by atoms with Gasteiger partial charge in [-0.15, -0.1) is 0 Å². The molecule has 2 fully saturated rings. The van der Waals surface area contributed by atoms with Crippen molar-refractivity contribution < 1.29 is 9.53 Å². The van der Waals surface area contributed by atoms with Crippen molar-refractivity contribution in [2.75, 3.05) is 6.61 Å². The van der Waals surface area contributed by atoms with Crippen molar-refractivity contribution in [1.29, 1.82) is 0 Å². The van der Waals surface area contributed by atoms with Gasteiger partial charge in [0, 0.05) is 0 Å². The number of esters is 1. The minimum absolute atomic E-state index is 0.0560. The Morgan fingerprint density at radius 2 is 1.50 bits per heavy atom. The summed E-state index contributed by atoms with van der Waals surface area (Å²) in [4.78, 5) is 12.5. The zero-order chi connectivity index (χ0) is 21.4. The predicted molar refractivity (Wildman–Crippen MR) is 126 cm³/mol. The normalized spacial score (nSPS) is 29.5. The summed E-state index contributed by atoms with van der Waals surface area (Å²) in [5.41, 5.74) is 2.81. The van der Waals surface area contributed by atoms with Crippen LogP contribution in [-0.4, -0.2) is 12.6 Å². The third kappa shape index (κ3) is 6.11. The van der Waals surface area contributed by atoms with E-state index in [0.29, 0.717) is 6.61 Å². The third-order valence-corrected chi connectivity index (χ3v) is 8.07. The lowest BCUT2D eigenvalue weighted by molar-refractivity contribution is -0.157. The predicted octanol–water partition coefficient (Wildman–Crippen LogP) is 7.84. The lowest BCUT2D eigenvalue weighted by atomic mass is 9.64. The Kier molecular flexibility index (Phi) is 8.84. The van der Waals surface area contributed by atoms with Crippen molar-refractivity contribution in [3.63, 3.8) is 0 Å². The van der Waals surface area contributed by atoms with Gasteiger partial charge in [0.25, 0.3) is 0 Å². The molecule has 0 spiro atoms. The van der Waals surface area contributed by atoms with Crippen molar-refractivity contribution in [2.24, 2.45) is 17.3 Å². The molecule has 0 unspecified atom stereocenters. The molecule has 0 aliphatic heterocycles. The highest BCUT2D eigenvalue weighted by Crippen LogP contribution is 2.47. The summed E-state index contributed by atoms with van der Waals surface area (Å²) in [5, 5.41) is 0. The van der Waals surface area contributed by atoms with Crippen molar-refractivity contribution in [2.45, 2.75) is 110 Å². The summed E-state index contributed by atoms with van der Waals surface area (Å²) in [5.74, 6) is 2.49. The van der Waals surface area contributed by atoms with Crippen LogP contribution in [0.15, 0.2) is 24.3 Å². The molecule has 2 saturated carbocycles. The molecule has 0 bridgehead atoms. The number of hydrogen-bond acceptors (Lipinski definition) is 2. The smallest absolute Gasteiger partial charge is 0.311 e. The van der Waals surface area contributed by atoms with Crippen LogP contribution in [0.4, 0.5) is 0 Å². The first-order valence-corrected chi connectivity index (χ1v) is 12.8. The third-order valence-electron chi connectivity index (χ3n) is 8.07.